The van der Waals surface area contributed by atoms with Crippen LogP contribution >= 0.6 is 11.6 Å². The number of carbonyl (C=O) groups excluding carboxylic acids is 1. The van der Waals surface area contributed by atoms with Crippen LogP contribution < -0.4 is 10.6 Å². The van der Waals surface area contributed by atoms with E-state index in [0.717, 1.165) is 11.1 Å². The van der Waals surface area contributed by atoms with Crippen LogP contribution in [0.2, 0.25) is 5.02 Å². The van der Waals surface area contributed by atoms with E-state index in [4.69, 9.17) is 11.6 Å². The molecule has 0 aliphatic rings. The molecule has 1 aromatic carbocycles. The van der Waals surface area contributed by atoms with Crippen LogP contribution in [0.1, 0.15) is 21.6 Å². The zero-order valence-corrected chi connectivity index (χ0v) is 14.1. The van der Waals surface area contributed by atoms with E-state index in [0.29, 0.717) is 23.9 Å². The van der Waals surface area contributed by atoms with Crippen LogP contribution in [0.5, 0.6) is 0 Å². The van der Waals surface area contributed by atoms with Crippen molar-refractivity contribution in [3.63, 3.8) is 0 Å². The summed E-state index contributed by atoms with van der Waals surface area (Å²) in [6.45, 7) is 0.918. The average Bonchev–Trinajstić information content (AvgIpc) is 2.67. The maximum absolute atomic E-state index is 12.1. The first-order valence-electron chi connectivity index (χ1n) is 7.70. The van der Waals surface area contributed by atoms with E-state index in [1.54, 1.807) is 24.5 Å². The number of anilines is 1. The molecule has 0 atom stereocenters. The fraction of sp³-hybridized carbons (Fsp3) is 0.111. The molecule has 0 bridgehead atoms. The molecule has 0 aliphatic heterocycles. The van der Waals surface area contributed by atoms with Crippen LogP contribution in [0, 0.1) is 0 Å². The molecule has 0 unspecified atom stereocenters. The van der Waals surface area contributed by atoms with Crippen LogP contribution in [-0.4, -0.2) is 21.1 Å². The van der Waals surface area contributed by atoms with Gasteiger partial charge in [-0.25, -0.2) is 0 Å². The van der Waals surface area contributed by atoms with Crippen molar-refractivity contribution in [3.05, 3.63) is 82.8 Å². The molecule has 3 rings (SSSR count). The van der Waals surface area contributed by atoms with E-state index in [1.165, 1.54) is 0 Å². The predicted octanol–water partition coefficient (Wildman–Crippen LogP) is 3.07. The number of nitrogens with zero attached hydrogens (tertiary/aromatic N) is 3. The molecule has 25 heavy (non-hydrogen) atoms. The lowest BCUT2D eigenvalue weighted by Crippen LogP contribution is -2.24. The molecule has 6 nitrogen and oxygen atoms in total. The van der Waals surface area contributed by atoms with E-state index < -0.39 is 0 Å². The monoisotopic (exact) mass is 353 g/mol. The first-order chi connectivity index (χ1) is 12.2. The first-order valence-corrected chi connectivity index (χ1v) is 8.08. The lowest BCUT2D eigenvalue weighted by atomic mass is 10.2. The number of amides is 1. The third kappa shape index (κ3) is 4.74. The van der Waals surface area contributed by atoms with Crippen molar-refractivity contribution in [3.8, 4) is 0 Å². The quantitative estimate of drug-likeness (QED) is 0.712. The van der Waals surface area contributed by atoms with Gasteiger partial charge < -0.3 is 10.6 Å². The van der Waals surface area contributed by atoms with E-state index in [-0.39, 0.29) is 11.6 Å². The van der Waals surface area contributed by atoms with Crippen molar-refractivity contribution in [1.82, 2.24) is 20.5 Å². The summed E-state index contributed by atoms with van der Waals surface area (Å²) < 4.78 is 0. The lowest BCUT2D eigenvalue weighted by Gasteiger charge is -2.07. The Labute approximate surface area is 150 Å². The number of hydrogen-bond acceptors (Lipinski definition) is 5. The molecule has 3 aromatic rings. The highest BCUT2D eigenvalue weighted by Gasteiger charge is 2.08. The second-order valence-electron chi connectivity index (χ2n) is 5.29. The highest BCUT2D eigenvalue weighted by Crippen LogP contribution is 2.16. The van der Waals surface area contributed by atoms with Gasteiger partial charge in [0.2, 0.25) is 0 Å². The number of rotatable bonds is 6. The fourth-order valence-electron chi connectivity index (χ4n) is 2.15. The Morgan fingerprint density at radius 1 is 1.00 bits per heavy atom. The summed E-state index contributed by atoms with van der Waals surface area (Å²) in [5.41, 5.74) is 2.14. The van der Waals surface area contributed by atoms with Crippen LogP contribution in [-0.2, 0) is 13.1 Å². The average molecular weight is 354 g/mol. The maximum atomic E-state index is 12.1. The van der Waals surface area contributed by atoms with Crippen molar-refractivity contribution >= 4 is 23.3 Å². The number of pyridine rings is 1. The molecule has 2 aromatic heterocycles. The van der Waals surface area contributed by atoms with Crippen LogP contribution in [0.4, 0.5) is 5.82 Å². The van der Waals surface area contributed by atoms with Gasteiger partial charge in [0.15, 0.2) is 5.69 Å². The Morgan fingerprint density at radius 3 is 2.60 bits per heavy atom. The molecule has 0 saturated heterocycles. The van der Waals surface area contributed by atoms with Crippen LogP contribution in [0.25, 0.3) is 0 Å². The first kappa shape index (κ1) is 16.9. The molecule has 7 heteroatoms. The molecule has 0 radical (unpaired) electrons. The summed E-state index contributed by atoms with van der Waals surface area (Å²) in [7, 11) is 0. The fourth-order valence-corrected chi connectivity index (χ4v) is 2.35. The summed E-state index contributed by atoms with van der Waals surface area (Å²) in [4.78, 5) is 16.1. The normalized spacial score (nSPS) is 10.3. The summed E-state index contributed by atoms with van der Waals surface area (Å²) in [5.74, 6) is 0.290. The van der Waals surface area contributed by atoms with Gasteiger partial charge in [-0.1, -0.05) is 35.9 Å². The highest BCUT2D eigenvalue weighted by molar-refractivity contribution is 6.31. The molecular formula is C18H16ClN5O. The molecular weight excluding hydrogens is 338 g/mol. The molecule has 0 spiro atoms. The molecule has 0 saturated carbocycles. The molecule has 126 valence electrons. The summed E-state index contributed by atoms with van der Waals surface area (Å²) in [6, 6.07) is 14.6. The van der Waals surface area contributed by atoms with Gasteiger partial charge in [0.05, 0.1) is 0 Å². The van der Waals surface area contributed by atoms with Gasteiger partial charge in [0, 0.05) is 30.5 Å². The van der Waals surface area contributed by atoms with Gasteiger partial charge in [-0.15, -0.1) is 10.2 Å². The molecule has 0 fully saturated rings. The number of aromatic nitrogens is 3. The van der Waals surface area contributed by atoms with Crippen molar-refractivity contribution in [1.29, 1.82) is 0 Å². The van der Waals surface area contributed by atoms with Gasteiger partial charge in [0.1, 0.15) is 5.82 Å². The maximum Gasteiger partial charge on any atom is 0.272 e. The summed E-state index contributed by atoms with van der Waals surface area (Å²) in [5, 5.41) is 14.6. The third-order valence-electron chi connectivity index (χ3n) is 3.49. The van der Waals surface area contributed by atoms with Gasteiger partial charge in [-0.05, 0) is 35.4 Å². The molecule has 2 heterocycles. The lowest BCUT2D eigenvalue weighted by molar-refractivity contribution is 0.0945. The smallest absolute Gasteiger partial charge is 0.272 e. The van der Waals surface area contributed by atoms with Gasteiger partial charge in [-0.2, -0.15) is 0 Å². The Hall–Kier alpha value is -2.99. The number of nitrogens with one attached hydrogen (secondary N) is 2. The summed E-state index contributed by atoms with van der Waals surface area (Å²) >= 11 is 6.11. The SMILES string of the molecule is O=C(NCc1cccnc1)c1ccc(NCc2ccccc2Cl)nn1. The molecule has 2 N–H and O–H groups in total. The summed E-state index contributed by atoms with van der Waals surface area (Å²) in [6.07, 6.45) is 3.39. The Balaban J connectivity index is 1.54. The van der Waals surface area contributed by atoms with E-state index in [1.807, 2.05) is 36.4 Å². The van der Waals surface area contributed by atoms with E-state index in [2.05, 4.69) is 25.8 Å². The van der Waals surface area contributed by atoms with Crippen molar-refractivity contribution < 1.29 is 4.79 Å². The predicted molar refractivity (Wildman–Crippen MR) is 96.2 cm³/mol. The van der Waals surface area contributed by atoms with Crippen LogP contribution in [0.3, 0.4) is 0 Å². The Bertz CT molecular complexity index is 840. The van der Waals surface area contributed by atoms with Gasteiger partial charge >= 0.3 is 0 Å². The van der Waals surface area contributed by atoms with Crippen LogP contribution in [0.15, 0.2) is 60.9 Å². The second-order valence-corrected chi connectivity index (χ2v) is 5.70. The zero-order chi connectivity index (χ0) is 17.5. The Kier molecular flexibility index (Phi) is 5.53. The number of hydrogen-bond donors (Lipinski definition) is 2. The highest BCUT2D eigenvalue weighted by atomic mass is 35.5. The largest absolute Gasteiger partial charge is 0.364 e. The second kappa shape index (κ2) is 8.21. The minimum Gasteiger partial charge on any atom is -0.364 e. The van der Waals surface area contributed by atoms with Gasteiger partial charge in [0.25, 0.3) is 5.91 Å². The van der Waals surface area contributed by atoms with Crippen molar-refractivity contribution in [2.75, 3.05) is 5.32 Å². The molecule has 0 aliphatic carbocycles. The number of benzene rings is 1. The third-order valence-corrected chi connectivity index (χ3v) is 3.86. The van der Waals surface area contributed by atoms with Crippen molar-refractivity contribution in [2.45, 2.75) is 13.1 Å². The minimum absolute atomic E-state index is 0.257. The Morgan fingerprint density at radius 2 is 1.88 bits per heavy atom. The van der Waals surface area contributed by atoms with E-state index in [9.17, 15) is 4.79 Å². The standard InChI is InChI=1S/C18H16ClN5O/c19-15-6-2-1-5-14(15)12-21-17-8-7-16(23-24-17)18(25)22-11-13-4-3-9-20-10-13/h1-10H,11-12H2,(H,21,24)(H,22,25). The minimum atomic E-state index is -0.283. The van der Waals surface area contributed by atoms with Gasteiger partial charge in [-0.3, -0.25) is 9.78 Å². The van der Waals surface area contributed by atoms with E-state index >= 15 is 0 Å². The number of halogens is 1. The van der Waals surface area contributed by atoms with Crippen molar-refractivity contribution in [2.24, 2.45) is 0 Å². The zero-order valence-electron chi connectivity index (χ0n) is 13.3. The molecule has 1 amide bonds. The number of carbonyl (C=O) groups is 1. The topological polar surface area (TPSA) is 79.8 Å².